The number of hydrogen-bond acceptors (Lipinski definition) is 6. The average molecular weight is 574 g/mol. The van der Waals surface area contributed by atoms with Crippen molar-refractivity contribution in [3.63, 3.8) is 0 Å². The molecule has 4 aliphatic carbocycles. The van der Waals surface area contributed by atoms with E-state index in [9.17, 15) is 26.7 Å². The summed E-state index contributed by atoms with van der Waals surface area (Å²) in [5.41, 5.74) is 0.298. The van der Waals surface area contributed by atoms with Crippen molar-refractivity contribution in [3.05, 3.63) is 4.25 Å². The van der Waals surface area contributed by atoms with Crippen LogP contribution in [-0.4, -0.2) is 57.1 Å². The van der Waals surface area contributed by atoms with Crippen LogP contribution in [0.1, 0.15) is 84.5 Å². The maximum Gasteiger partial charge on any atom is 0.476 e. The Kier molecular flexibility index (Phi) is 8.60. The van der Waals surface area contributed by atoms with Gasteiger partial charge in [0.2, 0.25) is 5.91 Å². The molecule has 9 nitrogen and oxygen atoms in total. The van der Waals surface area contributed by atoms with E-state index in [1.807, 2.05) is 0 Å². The summed E-state index contributed by atoms with van der Waals surface area (Å²) in [6.07, 6.45) is 10.7. The lowest BCUT2D eigenvalue weighted by atomic mass is 9.43. The summed E-state index contributed by atoms with van der Waals surface area (Å²) in [6.45, 7) is 4.72. The maximum atomic E-state index is 12.1. The first-order chi connectivity index (χ1) is 17.6. The molecule has 0 radical (unpaired) electrons. The van der Waals surface area contributed by atoms with Crippen molar-refractivity contribution >= 4 is 26.0 Å². The number of fused-ring (bicyclic) bond motifs is 5. The highest BCUT2D eigenvalue weighted by Crippen LogP contribution is 2.68. The Morgan fingerprint density at radius 1 is 1.03 bits per heavy atom. The summed E-state index contributed by atoms with van der Waals surface area (Å²) in [4.78, 5) is 12.1. The Labute approximate surface area is 228 Å². The zero-order valence-corrected chi connectivity index (χ0v) is 24.6. The van der Waals surface area contributed by atoms with Gasteiger partial charge in [-0.1, -0.05) is 13.8 Å². The molecule has 9 atom stereocenters. The quantitative estimate of drug-likeness (QED) is 0.394. The van der Waals surface area contributed by atoms with E-state index in [1.54, 1.807) is 0 Å². The lowest BCUT2D eigenvalue weighted by Crippen LogP contribution is -2.58. The van der Waals surface area contributed by atoms with E-state index in [1.165, 1.54) is 0 Å². The Bertz CT molecular complexity index is 1180. The van der Waals surface area contributed by atoms with Crippen molar-refractivity contribution < 1.29 is 31.3 Å². The van der Waals surface area contributed by atoms with E-state index in [2.05, 4.69) is 29.5 Å². The number of aliphatic hydroxyl groups excluding tert-OH is 1. The normalized spacial score (nSPS) is 40.7. The highest BCUT2D eigenvalue weighted by atomic mass is 32.2. The van der Waals surface area contributed by atoms with Gasteiger partial charge >= 0.3 is 16.1 Å². The smallest absolute Gasteiger partial charge is 0.393 e. The predicted molar refractivity (Wildman–Crippen MR) is 145 cm³/mol. The Balaban J connectivity index is 1.36. The lowest BCUT2D eigenvalue weighted by molar-refractivity contribution is -0.165. The van der Waals surface area contributed by atoms with Crippen molar-refractivity contribution in [1.29, 1.82) is 0 Å². The molecule has 38 heavy (non-hydrogen) atoms. The van der Waals surface area contributed by atoms with Gasteiger partial charge in [0.25, 0.3) is 10.1 Å². The zero-order chi connectivity index (χ0) is 27.9. The Morgan fingerprint density at radius 2 is 1.71 bits per heavy atom. The standard InChI is InChI=1S/C27H44N2O7S2/c1-26-12-10-22-25(21(26)8-7-19(26)5-4-6-24(31)28-13-14-38(34,35)36)23(30)16-20-15-18(9-11-27(20,22)2)17-29-37(3,32)33/h18-23,25,30H,4-16H2,1-3H3,(H-,28,31,34,35,36)/p+1/t18?,19-,20?,21-,22-,23-,25-,26+,27-/m0/s1. The van der Waals surface area contributed by atoms with Crippen LogP contribution < -0.4 is 5.32 Å². The number of hydrogen-bond donors (Lipinski definition) is 3. The summed E-state index contributed by atoms with van der Waals surface area (Å²) in [7, 11) is -7.51. The molecule has 0 aliphatic heterocycles. The van der Waals surface area contributed by atoms with Crippen LogP contribution in [0, 0.1) is 52.4 Å². The van der Waals surface area contributed by atoms with Gasteiger partial charge in [-0.05, 0) is 105 Å². The van der Waals surface area contributed by atoms with Gasteiger partial charge in [-0.15, -0.1) is 8.42 Å². The molecule has 0 spiro atoms. The third-order valence-electron chi connectivity index (χ3n) is 10.9. The van der Waals surface area contributed by atoms with Crippen LogP contribution in [0.3, 0.4) is 0 Å². The molecule has 216 valence electrons. The molecular formula is C27H45N2O7S2+. The first-order valence-corrected chi connectivity index (χ1v) is 17.7. The summed E-state index contributed by atoms with van der Waals surface area (Å²) in [5.74, 6) is 1.45. The van der Waals surface area contributed by atoms with Gasteiger partial charge in [-0.25, -0.2) is 0 Å². The van der Waals surface area contributed by atoms with E-state index in [0.29, 0.717) is 30.1 Å². The Hall–Kier alpha value is -1.22. The van der Waals surface area contributed by atoms with Crippen LogP contribution in [0.15, 0.2) is 0 Å². The fourth-order valence-electron chi connectivity index (χ4n) is 9.01. The van der Waals surface area contributed by atoms with Gasteiger partial charge < -0.3 is 10.4 Å². The van der Waals surface area contributed by atoms with E-state index < -0.39 is 25.9 Å². The van der Waals surface area contributed by atoms with Crippen LogP contribution in [-0.2, 0) is 24.9 Å². The lowest BCUT2D eigenvalue weighted by Gasteiger charge is -2.62. The van der Waals surface area contributed by atoms with Gasteiger partial charge in [-0.2, -0.15) is 8.42 Å². The summed E-state index contributed by atoms with van der Waals surface area (Å²) < 4.78 is 57.1. The first-order valence-electron chi connectivity index (χ1n) is 14.2. The van der Waals surface area contributed by atoms with E-state index in [0.717, 1.165) is 70.5 Å². The van der Waals surface area contributed by atoms with Crippen molar-refractivity contribution in [3.8, 4) is 6.07 Å². The van der Waals surface area contributed by atoms with Crippen LogP contribution in [0.2, 0.25) is 0 Å². The van der Waals surface area contributed by atoms with E-state index in [-0.39, 0.29) is 41.2 Å². The van der Waals surface area contributed by atoms with Gasteiger partial charge in [0.1, 0.15) is 6.26 Å². The molecule has 0 heterocycles. The SMILES string of the molecule is C[C@]12CC[C@H]3[C@@H]([C@@H](O)CC4CC(C#[N+]S(C)(=O)=O)CC[C@@]43C)[C@@H]1CC[C@@H]2CCCC(=O)NCCS(=O)(=O)O. The molecule has 0 aromatic heterocycles. The van der Waals surface area contributed by atoms with Crippen LogP contribution in [0.4, 0.5) is 0 Å². The minimum Gasteiger partial charge on any atom is -0.393 e. The fraction of sp³-hybridized carbons (Fsp3) is 0.926. The van der Waals surface area contributed by atoms with Gasteiger partial charge in [-0.3, -0.25) is 9.35 Å². The molecule has 1 amide bonds. The number of nitrogens with one attached hydrogen (secondary N) is 1. The number of carbonyl (C=O) groups is 1. The topological polar surface area (TPSA) is 142 Å². The van der Waals surface area contributed by atoms with Gasteiger partial charge in [0.15, 0.2) is 0 Å². The molecule has 0 bridgehead atoms. The monoisotopic (exact) mass is 573 g/mol. The fourth-order valence-corrected chi connectivity index (χ4v) is 9.71. The Morgan fingerprint density at radius 3 is 2.39 bits per heavy atom. The molecule has 4 aliphatic rings. The number of rotatable bonds is 7. The van der Waals surface area contributed by atoms with E-state index >= 15 is 0 Å². The average Bonchev–Trinajstić information content (AvgIpc) is 3.13. The molecule has 4 saturated carbocycles. The summed E-state index contributed by atoms with van der Waals surface area (Å²) in [6, 6.07) is 2.88. The minimum atomic E-state index is -4.08. The maximum absolute atomic E-state index is 12.1. The third-order valence-corrected chi connectivity index (χ3v) is 12.1. The van der Waals surface area contributed by atoms with Crippen molar-refractivity contribution in [1.82, 2.24) is 5.32 Å². The van der Waals surface area contributed by atoms with Gasteiger partial charge in [0, 0.05) is 13.0 Å². The van der Waals surface area contributed by atoms with Crippen LogP contribution >= 0.6 is 0 Å². The number of amides is 1. The molecule has 2 unspecified atom stereocenters. The molecule has 11 heteroatoms. The number of nitrogens with zero attached hydrogens (tertiary/aromatic N) is 1. The molecule has 3 N–H and O–H groups in total. The minimum absolute atomic E-state index is 0.0292. The highest BCUT2D eigenvalue weighted by Gasteiger charge is 2.62. The summed E-state index contributed by atoms with van der Waals surface area (Å²) in [5, 5.41) is 14.1. The second-order valence-corrected chi connectivity index (χ2v) is 16.3. The first kappa shape index (κ1) is 29.8. The molecule has 4 fully saturated rings. The van der Waals surface area contributed by atoms with Crippen LogP contribution in [0.5, 0.6) is 0 Å². The number of aliphatic hydroxyl groups is 1. The largest absolute Gasteiger partial charge is 0.476 e. The van der Waals surface area contributed by atoms with Gasteiger partial charge in [0.05, 0.1) is 22.0 Å². The van der Waals surface area contributed by atoms with Crippen molar-refractivity contribution in [2.24, 2.45) is 46.3 Å². The molecular weight excluding hydrogens is 528 g/mol. The van der Waals surface area contributed by atoms with E-state index in [4.69, 9.17) is 4.55 Å². The summed E-state index contributed by atoms with van der Waals surface area (Å²) >= 11 is 0. The predicted octanol–water partition coefficient (Wildman–Crippen LogP) is 3.70. The van der Waals surface area contributed by atoms with Crippen LogP contribution in [0.25, 0.3) is 4.25 Å². The molecule has 4 rings (SSSR count). The molecule has 0 aromatic carbocycles. The highest BCUT2D eigenvalue weighted by molar-refractivity contribution is 7.92. The zero-order valence-electron chi connectivity index (χ0n) is 22.9. The second kappa shape index (κ2) is 11.0. The number of sulfonamides is 1. The second-order valence-electron chi connectivity index (χ2n) is 13.1. The molecule has 0 aromatic rings. The number of carbonyl (C=O) groups excluding carboxylic acids is 1. The van der Waals surface area contributed by atoms with Crippen molar-refractivity contribution in [2.45, 2.75) is 90.6 Å². The third kappa shape index (κ3) is 6.39. The van der Waals surface area contributed by atoms with Crippen molar-refractivity contribution in [2.75, 3.05) is 18.6 Å². The molecule has 0 saturated heterocycles.